The minimum atomic E-state index is 0.233. The van der Waals surface area contributed by atoms with E-state index in [9.17, 15) is 0 Å². The van der Waals surface area contributed by atoms with Gasteiger partial charge >= 0.3 is 0 Å². The molecular weight excluding hydrogens is 198 g/mol. The van der Waals surface area contributed by atoms with Crippen molar-refractivity contribution in [2.45, 2.75) is 37.9 Å². The summed E-state index contributed by atoms with van der Waals surface area (Å²) < 4.78 is 5.93. The second-order valence-corrected chi connectivity index (χ2v) is 5.03. The fourth-order valence-corrected chi connectivity index (χ4v) is 2.39. The standard InChI is InChI=1S/C14H19NO/c1-10-8-15-9-14(16-10)13-6-4-12(5-7-13)11-2-3-11/h4-7,10-11,14-15H,2-3,8-9H2,1H3. The van der Waals surface area contributed by atoms with Crippen molar-refractivity contribution in [2.24, 2.45) is 0 Å². The third-order valence-corrected chi connectivity index (χ3v) is 3.52. The molecule has 3 rings (SSSR count). The molecule has 1 saturated heterocycles. The van der Waals surface area contributed by atoms with Crippen molar-refractivity contribution in [1.29, 1.82) is 0 Å². The van der Waals surface area contributed by atoms with Gasteiger partial charge in [-0.15, -0.1) is 0 Å². The molecule has 86 valence electrons. The SMILES string of the molecule is CC1CNCC(c2ccc(C3CC3)cc2)O1. The molecule has 1 aromatic carbocycles. The maximum atomic E-state index is 5.93. The van der Waals surface area contributed by atoms with Crippen LogP contribution >= 0.6 is 0 Å². The van der Waals surface area contributed by atoms with Crippen LogP contribution in [0.2, 0.25) is 0 Å². The summed E-state index contributed by atoms with van der Waals surface area (Å²) in [5.74, 6) is 0.846. The van der Waals surface area contributed by atoms with Crippen LogP contribution in [0.4, 0.5) is 0 Å². The molecule has 0 bridgehead atoms. The Hall–Kier alpha value is -0.860. The molecule has 1 aliphatic carbocycles. The first-order valence-corrected chi connectivity index (χ1v) is 6.29. The fraction of sp³-hybridized carbons (Fsp3) is 0.571. The summed E-state index contributed by atoms with van der Waals surface area (Å²) >= 11 is 0. The summed E-state index contributed by atoms with van der Waals surface area (Å²) in [4.78, 5) is 0. The van der Waals surface area contributed by atoms with E-state index in [2.05, 4.69) is 36.5 Å². The molecule has 16 heavy (non-hydrogen) atoms. The second kappa shape index (κ2) is 4.19. The van der Waals surface area contributed by atoms with E-state index in [4.69, 9.17) is 4.74 Å². The van der Waals surface area contributed by atoms with Gasteiger partial charge in [-0.2, -0.15) is 0 Å². The van der Waals surface area contributed by atoms with Gasteiger partial charge in [-0.3, -0.25) is 0 Å². The van der Waals surface area contributed by atoms with Crippen LogP contribution in [0.15, 0.2) is 24.3 Å². The van der Waals surface area contributed by atoms with Crippen molar-refractivity contribution < 1.29 is 4.74 Å². The highest BCUT2D eigenvalue weighted by molar-refractivity contribution is 5.29. The zero-order valence-electron chi connectivity index (χ0n) is 9.78. The highest BCUT2D eigenvalue weighted by Crippen LogP contribution is 2.40. The topological polar surface area (TPSA) is 21.3 Å². The summed E-state index contributed by atoms with van der Waals surface area (Å²) in [6.07, 6.45) is 3.30. The first-order valence-electron chi connectivity index (χ1n) is 6.29. The Balaban J connectivity index is 1.72. The van der Waals surface area contributed by atoms with Gasteiger partial charge in [0.05, 0.1) is 12.2 Å². The molecule has 1 aliphatic heterocycles. The van der Waals surface area contributed by atoms with E-state index in [1.165, 1.54) is 24.0 Å². The molecule has 2 fully saturated rings. The van der Waals surface area contributed by atoms with Gasteiger partial charge in [-0.05, 0) is 36.8 Å². The summed E-state index contributed by atoms with van der Waals surface area (Å²) in [5, 5.41) is 3.41. The van der Waals surface area contributed by atoms with Gasteiger partial charge in [0, 0.05) is 13.1 Å². The normalized spacial score (nSPS) is 30.3. The molecule has 1 heterocycles. The third kappa shape index (κ3) is 2.13. The Labute approximate surface area is 97.0 Å². The predicted octanol–water partition coefficient (Wildman–Crippen LogP) is 2.61. The second-order valence-electron chi connectivity index (χ2n) is 5.03. The lowest BCUT2D eigenvalue weighted by atomic mass is 10.0. The summed E-state index contributed by atoms with van der Waals surface area (Å²) in [7, 11) is 0. The highest BCUT2D eigenvalue weighted by Gasteiger charge is 2.24. The zero-order valence-corrected chi connectivity index (χ0v) is 9.78. The molecule has 1 aromatic rings. The fourth-order valence-electron chi connectivity index (χ4n) is 2.39. The van der Waals surface area contributed by atoms with Crippen LogP contribution in [-0.4, -0.2) is 19.2 Å². The quantitative estimate of drug-likeness (QED) is 0.822. The molecule has 0 spiro atoms. The number of benzene rings is 1. The van der Waals surface area contributed by atoms with Crippen LogP contribution in [-0.2, 0) is 4.74 Å². The van der Waals surface area contributed by atoms with Crippen molar-refractivity contribution in [1.82, 2.24) is 5.32 Å². The molecule has 2 unspecified atom stereocenters. The van der Waals surface area contributed by atoms with E-state index < -0.39 is 0 Å². The summed E-state index contributed by atoms with van der Waals surface area (Å²) in [5.41, 5.74) is 2.81. The number of rotatable bonds is 2. The molecule has 2 atom stereocenters. The van der Waals surface area contributed by atoms with Gasteiger partial charge in [0.25, 0.3) is 0 Å². The van der Waals surface area contributed by atoms with Crippen LogP contribution < -0.4 is 5.32 Å². The molecule has 0 aromatic heterocycles. The Bertz CT molecular complexity index is 356. The minimum absolute atomic E-state index is 0.233. The number of ether oxygens (including phenoxy) is 1. The largest absolute Gasteiger partial charge is 0.368 e. The Kier molecular flexibility index (Phi) is 2.70. The number of hydrogen-bond acceptors (Lipinski definition) is 2. The van der Waals surface area contributed by atoms with Gasteiger partial charge in [-0.1, -0.05) is 24.3 Å². The van der Waals surface area contributed by atoms with Crippen LogP contribution in [0.3, 0.4) is 0 Å². The van der Waals surface area contributed by atoms with E-state index >= 15 is 0 Å². The number of nitrogens with one attached hydrogen (secondary N) is 1. The lowest BCUT2D eigenvalue weighted by Crippen LogP contribution is -2.38. The van der Waals surface area contributed by atoms with Crippen molar-refractivity contribution in [3.05, 3.63) is 35.4 Å². The Morgan fingerprint density at radius 2 is 1.75 bits per heavy atom. The van der Waals surface area contributed by atoms with Gasteiger partial charge in [-0.25, -0.2) is 0 Å². The van der Waals surface area contributed by atoms with Crippen LogP contribution in [0, 0.1) is 0 Å². The maximum Gasteiger partial charge on any atom is 0.0953 e. The molecule has 0 amide bonds. The van der Waals surface area contributed by atoms with Gasteiger partial charge in [0.1, 0.15) is 0 Å². The average Bonchev–Trinajstić information content (AvgIpc) is 3.13. The molecule has 1 N–H and O–H groups in total. The van der Waals surface area contributed by atoms with E-state index in [-0.39, 0.29) is 6.10 Å². The highest BCUT2D eigenvalue weighted by atomic mass is 16.5. The Morgan fingerprint density at radius 3 is 2.38 bits per heavy atom. The maximum absolute atomic E-state index is 5.93. The minimum Gasteiger partial charge on any atom is -0.368 e. The molecule has 2 nitrogen and oxygen atoms in total. The van der Waals surface area contributed by atoms with Crippen LogP contribution in [0.5, 0.6) is 0 Å². The van der Waals surface area contributed by atoms with E-state index in [1.807, 2.05) is 0 Å². The molecule has 2 heteroatoms. The monoisotopic (exact) mass is 217 g/mol. The van der Waals surface area contributed by atoms with Gasteiger partial charge < -0.3 is 10.1 Å². The number of hydrogen-bond donors (Lipinski definition) is 1. The Morgan fingerprint density at radius 1 is 1.06 bits per heavy atom. The van der Waals surface area contributed by atoms with E-state index in [0.717, 1.165) is 19.0 Å². The van der Waals surface area contributed by atoms with Gasteiger partial charge in [0.15, 0.2) is 0 Å². The summed E-state index contributed by atoms with van der Waals surface area (Å²) in [6.45, 7) is 4.03. The molecule has 1 saturated carbocycles. The molecule has 0 radical (unpaired) electrons. The molecule has 2 aliphatic rings. The van der Waals surface area contributed by atoms with Crippen molar-refractivity contribution >= 4 is 0 Å². The average molecular weight is 217 g/mol. The number of morpholine rings is 1. The van der Waals surface area contributed by atoms with Gasteiger partial charge in [0.2, 0.25) is 0 Å². The summed E-state index contributed by atoms with van der Waals surface area (Å²) in [6, 6.07) is 9.02. The van der Waals surface area contributed by atoms with Crippen molar-refractivity contribution in [3.8, 4) is 0 Å². The van der Waals surface area contributed by atoms with Crippen LogP contribution in [0.1, 0.15) is 42.9 Å². The van der Waals surface area contributed by atoms with Crippen molar-refractivity contribution in [2.75, 3.05) is 13.1 Å². The van der Waals surface area contributed by atoms with E-state index in [1.54, 1.807) is 0 Å². The smallest absolute Gasteiger partial charge is 0.0953 e. The predicted molar refractivity (Wildman–Crippen MR) is 64.6 cm³/mol. The van der Waals surface area contributed by atoms with Crippen LogP contribution in [0.25, 0.3) is 0 Å². The third-order valence-electron chi connectivity index (χ3n) is 3.52. The first-order chi connectivity index (χ1) is 7.83. The first kappa shape index (κ1) is 10.3. The van der Waals surface area contributed by atoms with E-state index in [0.29, 0.717) is 6.10 Å². The lowest BCUT2D eigenvalue weighted by Gasteiger charge is -2.29. The molecular formula is C14H19NO. The lowest BCUT2D eigenvalue weighted by molar-refractivity contribution is -0.0287. The zero-order chi connectivity index (χ0) is 11.0. The van der Waals surface area contributed by atoms with Crippen molar-refractivity contribution in [3.63, 3.8) is 0 Å².